The van der Waals surface area contributed by atoms with Gasteiger partial charge in [0.1, 0.15) is 0 Å². The molecule has 2 unspecified atom stereocenters. The first-order chi connectivity index (χ1) is 37.2. The minimum Gasteiger partial charge on any atom is -0.349 e. The molecule has 0 aliphatic carbocycles. The van der Waals surface area contributed by atoms with Crippen LogP contribution in [0.1, 0.15) is 426 Å². The summed E-state index contributed by atoms with van der Waals surface area (Å²) in [6.45, 7) is 11.0. The summed E-state index contributed by atoms with van der Waals surface area (Å²) in [7, 11) is 0. The quantitative estimate of drug-likeness (QED) is 0.0568. The molecule has 0 saturated carbocycles. The van der Waals surface area contributed by atoms with Gasteiger partial charge in [-0.15, -0.1) is 0 Å². The van der Waals surface area contributed by atoms with Gasteiger partial charge in [-0.2, -0.15) is 0 Å². The molecule has 75 heavy (non-hydrogen) atoms. The standard InChI is InChI=1S/C72H142O3/c1-5-9-13-17-21-25-29-33-37-41-45-49-53-57-61-69(62-58-54-50-46-42-38-34-30-26-22-18-14-10-6-2)71(65-67-73-71)75-72(66-68-74-72)70(63-59-55-51-47-43-39-35-31-27-23-19-15-11-7-3)64-60-56-52-48-44-40-36-32-28-24-20-16-12-8-4/h69-70H,5-68H2,1-4H3. The van der Waals surface area contributed by atoms with Crippen molar-refractivity contribution in [2.75, 3.05) is 13.2 Å². The third-order valence-corrected chi connectivity index (χ3v) is 18.8. The van der Waals surface area contributed by atoms with Crippen LogP contribution in [0.25, 0.3) is 0 Å². The lowest BCUT2D eigenvalue weighted by Gasteiger charge is -2.57. The number of hydrogen-bond acceptors (Lipinski definition) is 3. The van der Waals surface area contributed by atoms with Crippen molar-refractivity contribution in [3.8, 4) is 0 Å². The average Bonchev–Trinajstić information content (AvgIpc) is 3.39. The van der Waals surface area contributed by atoms with Gasteiger partial charge >= 0.3 is 0 Å². The largest absolute Gasteiger partial charge is 0.349 e. The minimum absolute atomic E-state index is 0.420. The highest BCUT2D eigenvalue weighted by Crippen LogP contribution is 2.51. The maximum absolute atomic E-state index is 7.66. The Morgan fingerprint density at radius 1 is 0.227 bits per heavy atom. The molecule has 0 amide bonds. The molecule has 2 atom stereocenters. The van der Waals surface area contributed by atoms with Gasteiger partial charge in [-0.25, -0.2) is 0 Å². The first-order valence-electron chi connectivity index (χ1n) is 36.1. The molecule has 2 heterocycles. The molecule has 3 heteroatoms. The second-order valence-electron chi connectivity index (χ2n) is 25.9. The molecule has 2 aliphatic heterocycles. The van der Waals surface area contributed by atoms with Gasteiger partial charge in [0, 0.05) is 24.7 Å². The van der Waals surface area contributed by atoms with Crippen LogP contribution in [0.5, 0.6) is 0 Å². The second-order valence-corrected chi connectivity index (χ2v) is 25.9. The van der Waals surface area contributed by atoms with Crippen molar-refractivity contribution in [2.24, 2.45) is 11.8 Å². The Balaban J connectivity index is 1.94. The zero-order valence-electron chi connectivity index (χ0n) is 52.6. The molecule has 0 aromatic carbocycles. The Kier molecular flexibility index (Phi) is 51.6. The molecule has 2 saturated heterocycles. The fraction of sp³-hybridized carbons (Fsp3) is 1.00. The van der Waals surface area contributed by atoms with Crippen molar-refractivity contribution < 1.29 is 14.2 Å². The van der Waals surface area contributed by atoms with Crippen LogP contribution in [-0.2, 0) is 14.2 Å². The van der Waals surface area contributed by atoms with E-state index in [1.807, 2.05) is 0 Å². The Labute approximate surface area is 474 Å². The van der Waals surface area contributed by atoms with Gasteiger partial charge in [0.2, 0.25) is 0 Å². The lowest BCUT2D eigenvalue weighted by atomic mass is 9.80. The Bertz CT molecular complexity index is 948. The SMILES string of the molecule is CCCCCCCCCCCCCCCCC(CCCCCCCCCCCCCCCC)C1(OC2(C(CCCCCCCCCCCCCCCC)CCCCCCCCCCCCCCCC)CCO2)CCO1. The molecule has 0 radical (unpaired) electrons. The lowest BCUT2D eigenvalue weighted by molar-refractivity contribution is -0.457. The molecule has 0 aromatic rings. The van der Waals surface area contributed by atoms with Gasteiger partial charge in [-0.1, -0.05) is 387 Å². The predicted molar refractivity (Wildman–Crippen MR) is 334 cm³/mol. The van der Waals surface area contributed by atoms with Crippen molar-refractivity contribution in [1.82, 2.24) is 0 Å². The van der Waals surface area contributed by atoms with Gasteiger partial charge in [0.05, 0.1) is 13.2 Å². The predicted octanol–water partition coefficient (Wildman–Crippen LogP) is 26.0. The molecule has 0 bridgehead atoms. The summed E-state index contributed by atoms with van der Waals surface area (Å²) in [5, 5.41) is 0. The highest BCUT2D eigenvalue weighted by atomic mass is 16.8. The average molecular weight is 1060 g/mol. The Morgan fingerprint density at radius 2 is 0.360 bits per heavy atom. The van der Waals surface area contributed by atoms with Gasteiger partial charge in [-0.05, 0) is 25.7 Å². The van der Waals surface area contributed by atoms with E-state index in [1.54, 1.807) is 0 Å². The number of ether oxygens (including phenoxy) is 3. The van der Waals surface area contributed by atoms with Crippen LogP contribution < -0.4 is 0 Å². The van der Waals surface area contributed by atoms with Gasteiger partial charge in [0.15, 0.2) is 11.6 Å². The lowest BCUT2D eigenvalue weighted by Crippen LogP contribution is -2.63. The number of hydrogen-bond donors (Lipinski definition) is 0. The van der Waals surface area contributed by atoms with Crippen molar-refractivity contribution >= 4 is 0 Å². The van der Waals surface area contributed by atoms with E-state index in [0.717, 1.165) is 26.1 Å². The van der Waals surface area contributed by atoms with Crippen LogP contribution in [0.3, 0.4) is 0 Å². The van der Waals surface area contributed by atoms with Gasteiger partial charge < -0.3 is 14.2 Å². The van der Waals surface area contributed by atoms with Crippen LogP contribution in [0.15, 0.2) is 0 Å². The molecule has 448 valence electrons. The van der Waals surface area contributed by atoms with Gasteiger partial charge in [0.25, 0.3) is 0 Å². The highest BCUT2D eigenvalue weighted by molar-refractivity contribution is 4.94. The van der Waals surface area contributed by atoms with Crippen molar-refractivity contribution in [1.29, 1.82) is 0 Å². The van der Waals surface area contributed by atoms with Crippen LogP contribution in [0, 0.1) is 11.8 Å². The Hall–Kier alpha value is -0.120. The number of unbranched alkanes of at least 4 members (excludes halogenated alkanes) is 52. The summed E-state index contributed by atoms with van der Waals surface area (Å²) >= 11 is 0. The van der Waals surface area contributed by atoms with E-state index in [1.165, 1.54) is 385 Å². The third kappa shape index (κ3) is 39.8. The third-order valence-electron chi connectivity index (χ3n) is 18.8. The summed E-state index contributed by atoms with van der Waals surface area (Å²) in [5.74, 6) is 0.169. The van der Waals surface area contributed by atoms with Gasteiger partial charge in [-0.3, -0.25) is 0 Å². The molecule has 0 N–H and O–H groups in total. The molecule has 2 rings (SSSR count). The van der Waals surface area contributed by atoms with E-state index in [0.29, 0.717) is 11.8 Å². The molecule has 2 fully saturated rings. The normalized spacial score (nSPS) is 17.7. The van der Waals surface area contributed by atoms with Crippen molar-refractivity contribution in [3.63, 3.8) is 0 Å². The van der Waals surface area contributed by atoms with Crippen molar-refractivity contribution in [2.45, 2.75) is 437 Å². The minimum atomic E-state index is -0.420. The summed E-state index contributed by atoms with van der Waals surface area (Å²) in [4.78, 5) is 0. The number of rotatable bonds is 64. The monoisotopic (exact) mass is 1060 g/mol. The molecule has 2 aliphatic rings. The van der Waals surface area contributed by atoms with Crippen molar-refractivity contribution in [3.05, 3.63) is 0 Å². The zero-order chi connectivity index (χ0) is 53.5. The second kappa shape index (κ2) is 54.5. The van der Waals surface area contributed by atoms with E-state index in [9.17, 15) is 0 Å². The van der Waals surface area contributed by atoms with E-state index in [2.05, 4.69) is 27.7 Å². The first-order valence-corrected chi connectivity index (χ1v) is 36.1. The summed E-state index contributed by atoms with van der Waals surface area (Å²) in [6.07, 6.45) is 87.1. The fourth-order valence-corrected chi connectivity index (χ4v) is 13.4. The zero-order valence-corrected chi connectivity index (χ0v) is 52.6. The van der Waals surface area contributed by atoms with E-state index < -0.39 is 11.6 Å². The molecular formula is C72H142O3. The van der Waals surface area contributed by atoms with E-state index >= 15 is 0 Å². The summed E-state index contributed by atoms with van der Waals surface area (Å²) in [5.41, 5.74) is 0. The topological polar surface area (TPSA) is 27.7 Å². The summed E-state index contributed by atoms with van der Waals surface area (Å²) < 4.78 is 21.4. The highest BCUT2D eigenvalue weighted by Gasteiger charge is 2.57. The van der Waals surface area contributed by atoms with Crippen LogP contribution in [0.2, 0.25) is 0 Å². The maximum Gasteiger partial charge on any atom is 0.176 e. The van der Waals surface area contributed by atoms with Crippen LogP contribution in [-0.4, -0.2) is 24.8 Å². The van der Waals surface area contributed by atoms with E-state index in [4.69, 9.17) is 14.2 Å². The molecule has 0 aromatic heterocycles. The maximum atomic E-state index is 7.66. The molecular weight excluding hydrogens is 913 g/mol. The molecule has 3 nitrogen and oxygen atoms in total. The smallest absolute Gasteiger partial charge is 0.176 e. The summed E-state index contributed by atoms with van der Waals surface area (Å²) in [6, 6.07) is 0. The first kappa shape index (κ1) is 71.0. The van der Waals surface area contributed by atoms with E-state index in [-0.39, 0.29) is 0 Å². The van der Waals surface area contributed by atoms with Crippen LogP contribution in [0.4, 0.5) is 0 Å². The molecule has 0 spiro atoms. The van der Waals surface area contributed by atoms with Crippen LogP contribution >= 0.6 is 0 Å². The Morgan fingerprint density at radius 3 is 0.480 bits per heavy atom. The fourth-order valence-electron chi connectivity index (χ4n) is 13.4.